The fourth-order valence-electron chi connectivity index (χ4n) is 2.48. The second kappa shape index (κ2) is 8.62. The molecule has 1 unspecified atom stereocenters. The zero-order valence-electron chi connectivity index (χ0n) is 14.5. The van der Waals surface area contributed by atoms with Crippen molar-refractivity contribution in [2.75, 3.05) is 6.61 Å². The summed E-state index contributed by atoms with van der Waals surface area (Å²) >= 11 is 0. The minimum Gasteiger partial charge on any atom is -0.478 e. The standard InChI is InChI=1S/C20H24FNO3/c1-20(2,25-17-12-10-16(21)11-13-17)19(24)22-18(9-6-14-23)15-7-4-3-5-8-15/h3-5,7-8,10-13,18,23H,6,9,14H2,1-2H3,(H,22,24). The number of aliphatic hydroxyl groups is 1. The van der Waals surface area contributed by atoms with E-state index in [1.54, 1.807) is 13.8 Å². The maximum absolute atomic E-state index is 13.0. The van der Waals surface area contributed by atoms with Crippen molar-refractivity contribution in [3.05, 3.63) is 66.0 Å². The van der Waals surface area contributed by atoms with Crippen LogP contribution in [-0.4, -0.2) is 23.2 Å². The molecule has 2 N–H and O–H groups in total. The molecule has 134 valence electrons. The molecule has 0 aliphatic rings. The summed E-state index contributed by atoms with van der Waals surface area (Å²) in [5, 5.41) is 12.1. The van der Waals surface area contributed by atoms with Crippen LogP contribution in [0.25, 0.3) is 0 Å². The summed E-state index contributed by atoms with van der Waals surface area (Å²) in [6, 6.07) is 15.0. The minimum absolute atomic E-state index is 0.0642. The van der Waals surface area contributed by atoms with Crippen molar-refractivity contribution in [1.82, 2.24) is 5.32 Å². The molecule has 0 fully saturated rings. The number of aliphatic hydroxyl groups excluding tert-OH is 1. The van der Waals surface area contributed by atoms with Gasteiger partial charge in [0, 0.05) is 6.61 Å². The van der Waals surface area contributed by atoms with Gasteiger partial charge in [-0.25, -0.2) is 4.39 Å². The highest BCUT2D eigenvalue weighted by molar-refractivity contribution is 5.85. The van der Waals surface area contributed by atoms with E-state index in [2.05, 4.69) is 5.32 Å². The number of carbonyl (C=O) groups excluding carboxylic acids is 1. The van der Waals surface area contributed by atoms with Crippen LogP contribution in [0.2, 0.25) is 0 Å². The van der Waals surface area contributed by atoms with Crippen molar-refractivity contribution in [3.63, 3.8) is 0 Å². The molecular formula is C20H24FNO3. The van der Waals surface area contributed by atoms with Crippen LogP contribution >= 0.6 is 0 Å². The Morgan fingerprint density at radius 1 is 1.16 bits per heavy atom. The summed E-state index contributed by atoms with van der Waals surface area (Å²) in [6.45, 7) is 3.40. The maximum atomic E-state index is 13.0. The smallest absolute Gasteiger partial charge is 0.264 e. The molecule has 0 radical (unpaired) electrons. The van der Waals surface area contributed by atoms with E-state index in [1.807, 2.05) is 30.3 Å². The molecule has 5 heteroatoms. The highest BCUT2D eigenvalue weighted by Gasteiger charge is 2.31. The molecule has 1 atom stereocenters. The van der Waals surface area contributed by atoms with E-state index < -0.39 is 5.60 Å². The van der Waals surface area contributed by atoms with Crippen molar-refractivity contribution in [2.24, 2.45) is 0 Å². The van der Waals surface area contributed by atoms with Gasteiger partial charge < -0.3 is 15.2 Å². The molecular weight excluding hydrogens is 321 g/mol. The van der Waals surface area contributed by atoms with E-state index in [-0.39, 0.29) is 24.4 Å². The van der Waals surface area contributed by atoms with Gasteiger partial charge in [0.2, 0.25) is 0 Å². The number of carbonyl (C=O) groups is 1. The van der Waals surface area contributed by atoms with Crippen molar-refractivity contribution < 1.29 is 19.0 Å². The predicted octanol–water partition coefficient (Wildman–Crippen LogP) is 3.61. The van der Waals surface area contributed by atoms with E-state index >= 15 is 0 Å². The summed E-state index contributed by atoms with van der Waals surface area (Å²) in [6.07, 6.45) is 1.21. The van der Waals surface area contributed by atoms with Crippen LogP contribution in [0.3, 0.4) is 0 Å². The average Bonchev–Trinajstić information content (AvgIpc) is 2.61. The van der Waals surface area contributed by atoms with E-state index in [4.69, 9.17) is 9.84 Å². The number of benzene rings is 2. The Morgan fingerprint density at radius 3 is 2.40 bits per heavy atom. The van der Waals surface area contributed by atoms with Crippen molar-refractivity contribution in [2.45, 2.75) is 38.3 Å². The molecule has 0 aliphatic carbocycles. The first kappa shape index (κ1) is 18.9. The quantitative estimate of drug-likeness (QED) is 0.768. The van der Waals surface area contributed by atoms with Crippen LogP contribution in [-0.2, 0) is 4.79 Å². The molecule has 1 amide bonds. The van der Waals surface area contributed by atoms with Gasteiger partial charge in [0.1, 0.15) is 11.6 Å². The van der Waals surface area contributed by atoms with Gasteiger partial charge in [-0.1, -0.05) is 30.3 Å². The van der Waals surface area contributed by atoms with Crippen LogP contribution in [0.1, 0.15) is 38.3 Å². The fraction of sp³-hybridized carbons (Fsp3) is 0.350. The Bertz CT molecular complexity index is 671. The predicted molar refractivity (Wildman–Crippen MR) is 94.8 cm³/mol. The molecule has 2 rings (SSSR count). The first-order valence-corrected chi connectivity index (χ1v) is 8.34. The molecule has 0 spiro atoms. The van der Waals surface area contributed by atoms with Crippen molar-refractivity contribution >= 4 is 5.91 Å². The summed E-state index contributed by atoms with van der Waals surface area (Å²) < 4.78 is 18.7. The number of hydrogen-bond acceptors (Lipinski definition) is 3. The van der Waals surface area contributed by atoms with Gasteiger partial charge >= 0.3 is 0 Å². The Morgan fingerprint density at radius 2 is 1.80 bits per heavy atom. The zero-order chi connectivity index (χ0) is 18.3. The number of ether oxygens (including phenoxy) is 1. The van der Waals surface area contributed by atoms with Crippen LogP contribution in [0.15, 0.2) is 54.6 Å². The number of hydrogen-bond donors (Lipinski definition) is 2. The third-order valence-corrected chi connectivity index (χ3v) is 3.89. The van der Waals surface area contributed by atoms with Gasteiger partial charge in [-0.05, 0) is 56.5 Å². The average molecular weight is 345 g/mol. The number of nitrogens with one attached hydrogen (secondary N) is 1. The molecule has 0 aromatic heterocycles. The largest absolute Gasteiger partial charge is 0.478 e. The molecule has 25 heavy (non-hydrogen) atoms. The minimum atomic E-state index is -1.12. The SMILES string of the molecule is CC(C)(Oc1ccc(F)cc1)C(=O)NC(CCCO)c1ccccc1. The summed E-state index contributed by atoms with van der Waals surface area (Å²) in [4.78, 5) is 12.7. The third-order valence-electron chi connectivity index (χ3n) is 3.89. The van der Waals surface area contributed by atoms with Gasteiger partial charge in [0.05, 0.1) is 6.04 Å². The highest BCUT2D eigenvalue weighted by atomic mass is 19.1. The topological polar surface area (TPSA) is 58.6 Å². The van der Waals surface area contributed by atoms with Crippen LogP contribution in [0, 0.1) is 5.82 Å². The molecule has 0 heterocycles. The van der Waals surface area contributed by atoms with Crippen LogP contribution in [0.4, 0.5) is 4.39 Å². The first-order valence-electron chi connectivity index (χ1n) is 8.34. The van der Waals surface area contributed by atoms with Crippen LogP contribution in [0.5, 0.6) is 5.75 Å². The second-order valence-corrected chi connectivity index (χ2v) is 6.37. The molecule has 0 saturated heterocycles. The Kier molecular flexibility index (Phi) is 6.53. The third kappa shape index (κ3) is 5.57. The Hall–Kier alpha value is -2.40. The molecule has 0 bridgehead atoms. The van der Waals surface area contributed by atoms with Crippen molar-refractivity contribution in [3.8, 4) is 5.75 Å². The monoisotopic (exact) mass is 345 g/mol. The van der Waals surface area contributed by atoms with E-state index in [1.165, 1.54) is 24.3 Å². The van der Waals surface area contributed by atoms with E-state index in [0.29, 0.717) is 18.6 Å². The lowest BCUT2D eigenvalue weighted by molar-refractivity contribution is -0.135. The highest BCUT2D eigenvalue weighted by Crippen LogP contribution is 2.22. The lowest BCUT2D eigenvalue weighted by atomic mass is 10.00. The summed E-state index contributed by atoms with van der Waals surface area (Å²) in [7, 11) is 0. The van der Waals surface area contributed by atoms with Crippen molar-refractivity contribution in [1.29, 1.82) is 0 Å². The summed E-state index contributed by atoms with van der Waals surface area (Å²) in [5.41, 5.74) is -0.147. The van der Waals surface area contributed by atoms with Crippen LogP contribution < -0.4 is 10.1 Å². The second-order valence-electron chi connectivity index (χ2n) is 6.37. The zero-order valence-corrected chi connectivity index (χ0v) is 14.5. The van der Waals surface area contributed by atoms with Gasteiger partial charge in [-0.15, -0.1) is 0 Å². The van der Waals surface area contributed by atoms with E-state index in [9.17, 15) is 9.18 Å². The number of halogens is 1. The molecule has 0 saturated carbocycles. The lowest BCUT2D eigenvalue weighted by Crippen LogP contribution is -2.47. The molecule has 4 nitrogen and oxygen atoms in total. The molecule has 0 aliphatic heterocycles. The summed E-state index contributed by atoms with van der Waals surface area (Å²) in [5.74, 6) is -0.209. The molecule has 2 aromatic rings. The fourth-order valence-corrected chi connectivity index (χ4v) is 2.48. The Balaban J connectivity index is 2.08. The van der Waals surface area contributed by atoms with Gasteiger partial charge in [0.15, 0.2) is 5.60 Å². The number of amides is 1. The van der Waals surface area contributed by atoms with Gasteiger partial charge in [0.25, 0.3) is 5.91 Å². The lowest BCUT2D eigenvalue weighted by Gasteiger charge is -2.28. The maximum Gasteiger partial charge on any atom is 0.264 e. The van der Waals surface area contributed by atoms with Gasteiger partial charge in [-0.3, -0.25) is 4.79 Å². The first-order chi connectivity index (χ1) is 11.9. The Labute approximate surface area is 147 Å². The van der Waals surface area contributed by atoms with E-state index in [0.717, 1.165) is 5.56 Å². The number of rotatable bonds is 8. The molecule has 2 aromatic carbocycles. The normalized spacial score (nSPS) is 12.5. The van der Waals surface area contributed by atoms with Gasteiger partial charge in [-0.2, -0.15) is 0 Å².